The highest BCUT2D eigenvalue weighted by atomic mass is 35.5. The first-order chi connectivity index (χ1) is 8.08. The summed E-state index contributed by atoms with van der Waals surface area (Å²) < 4.78 is 39.2. The molecule has 3 nitrogen and oxygen atoms in total. The van der Waals surface area contributed by atoms with Crippen LogP contribution in [0, 0.1) is 11.9 Å². The average Bonchev–Trinajstić information content (AvgIpc) is 2.99. The van der Waals surface area contributed by atoms with Crippen LogP contribution >= 0.6 is 11.6 Å². The van der Waals surface area contributed by atoms with Crippen LogP contribution in [0.15, 0.2) is 12.3 Å². The fourth-order valence-corrected chi connectivity index (χ4v) is 2.25. The van der Waals surface area contributed by atoms with Crippen molar-refractivity contribution < 1.29 is 13.2 Å². The van der Waals surface area contributed by atoms with Gasteiger partial charge in [0, 0.05) is 11.5 Å². The summed E-state index contributed by atoms with van der Waals surface area (Å²) in [6, 6.07) is 1.48. The summed E-state index contributed by atoms with van der Waals surface area (Å²) in [6.07, 6.45) is -0.990. The molecule has 0 saturated heterocycles. The number of halogens is 4. The minimum atomic E-state index is -2.37. The van der Waals surface area contributed by atoms with Crippen molar-refractivity contribution in [2.24, 2.45) is 5.92 Å². The van der Waals surface area contributed by atoms with E-state index >= 15 is 0 Å². The summed E-state index contributed by atoms with van der Waals surface area (Å²) in [6.45, 7) is 0. The quantitative estimate of drug-likeness (QED) is 0.832. The normalized spacial score (nSPS) is 23.6. The van der Waals surface area contributed by atoms with Gasteiger partial charge in [-0.15, -0.1) is 0 Å². The van der Waals surface area contributed by atoms with Crippen LogP contribution < -0.4 is 0 Å². The van der Waals surface area contributed by atoms with Crippen LogP contribution in [0.5, 0.6) is 0 Å². The van der Waals surface area contributed by atoms with Crippen molar-refractivity contribution in [1.29, 1.82) is 0 Å². The Labute approximate surface area is 99.2 Å². The second-order valence-corrected chi connectivity index (χ2v) is 4.47. The van der Waals surface area contributed by atoms with E-state index in [1.54, 1.807) is 0 Å². The Hall–Kier alpha value is -1.30. The summed E-state index contributed by atoms with van der Waals surface area (Å²) in [5, 5.41) is 3.81. The molecule has 0 amide bonds. The summed E-state index contributed by atoms with van der Waals surface area (Å²) in [5.41, 5.74) is 0.805. The molecule has 1 aliphatic rings. The van der Waals surface area contributed by atoms with E-state index in [1.807, 2.05) is 0 Å². The molecule has 1 saturated carbocycles. The lowest BCUT2D eigenvalue weighted by Crippen LogP contribution is -2.01. The monoisotopic (exact) mass is 261 g/mol. The van der Waals surface area contributed by atoms with Crippen LogP contribution in [0.3, 0.4) is 0 Å². The molecule has 90 valence electrons. The minimum Gasteiger partial charge on any atom is -0.232 e. The Morgan fingerprint density at radius 2 is 2.24 bits per heavy atom. The maximum Gasteiger partial charge on any atom is 0.242 e. The van der Waals surface area contributed by atoms with Gasteiger partial charge in [0.25, 0.3) is 0 Å². The molecular formula is C10H7ClF3N3. The second-order valence-electron chi connectivity index (χ2n) is 4.08. The molecule has 1 aliphatic carbocycles. The maximum atomic E-state index is 13.3. The van der Waals surface area contributed by atoms with Gasteiger partial charge in [-0.05, 0) is 18.4 Å². The summed E-state index contributed by atoms with van der Waals surface area (Å²) >= 11 is 5.74. The van der Waals surface area contributed by atoms with Crippen LogP contribution in [0.1, 0.15) is 17.9 Å². The van der Waals surface area contributed by atoms with E-state index in [-0.39, 0.29) is 16.7 Å². The molecule has 0 N–H and O–H groups in total. The van der Waals surface area contributed by atoms with Crippen molar-refractivity contribution in [3.8, 4) is 0 Å². The molecule has 0 aromatic carbocycles. The molecule has 1 fully saturated rings. The number of hydrogen-bond donors (Lipinski definition) is 0. The number of alkyl halides is 2. The lowest BCUT2D eigenvalue weighted by molar-refractivity contribution is 0.120. The third-order valence-electron chi connectivity index (χ3n) is 2.99. The van der Waals surface area contributed by atoms with Crippen LogP contribution in [0.25, 0.3) is 5.65 Å². The van der Waals surface area contributed by atoms with Gasteiger partial charge in [-0.3, -0.25) is 0 Å². The molecule has 17 heavy (non-hydrogen) atoms. The number of hydrogen-bond acceptors (Lipinski definition) is 2. The largest absolute Gasteiger partial charge is 0.242 e. The third kappa shape index (κ3) is 1.67. The topological polar surface area (TPSA) is 30.2 Å². The minimum absolute atomic E-state index is 0.0734. The van der Waals surface area contributed by atoms with Crippen LogP contribution in [0.4, 0.5) is 13.2 Å². The first-order valence-corrected chi connectivity index (χ1v) is 5.43. The molecule has 0 aliphatic heterocycles. The summed E-state index contributed by atoms with van der Waals surface area (Å²) in [7, 11) is 0. The predicted octanol–water partition coefficient (Wildman–Crippen LogP) is 2.89. The first kappa shape index (κ1) is 10.8. The van der Waals surface area contributed by atoms with Crippen molar-refractivity contribution in [1.82, 2.24) is 14.6 Å². The number of imidazole rings is 1. The van der Waals surface area contributed by atoms with Crippen molar-refractivity contribution in [3.05, 3.63) is 28.9 Å². The van der Waals surface area contributed by atoms with Crippen molar-refractivity contribution in [3.63, 3.8) is 0 Å². The molecule has 2 heterocycles. The van der Waals surface area contributed by atoms with Gasteiger partial charge < -0.3 is 0 Å². The number of fused-ring (bicyclic) bond motifs is 1. The van der Waals surface area contributed by atoms with E-state index in [9.17, 15) is 13.2 Å². The Kier molecular flexibility index (Phi) is 2.29. The molecule has 3 rings (SSSR count). The number of rotatable bonds is 2. The van der Waals surface area contributed by atoms with E-state index in [2.05, 4.69) is 10.1 Å². The molecule has 0 unspecified atom stereocenters. The van der Waals surface area contributed by atoms with E-state index in [0.29, 0.717) is 12.0 Å². The van der Waals surface area contributed by atoms with Gasteiger partial charge >= 0.3 is 0 Å². The molecule has 2 aromatic rings. The van der Waals surface area contributed by atoms with E-state index in [1.165, 1.54) is 6.07 Å². The highest BCUT2D eigenvalue weighted by molar-refractivity contribution is 6.29. The Morgan fingerprint density at radius 1 is 1.47 bits per heavy atom. The van der Waals surface area contributed by atoms with Gasteiger partial charge in [-0.2, -0.15) is 14.0 Å². The zero-order chi connectivity index (χ0) is 12.2. The molecule has 0 bridgehead atoms. The standard InChI is InChI=1S/C10H7ClF3N3/c11-7-2-6(4-1-5(4)9(13)14)10-15-3-8(12)17(10)16-7/h2-5,9H,1H2/t4-,5-/m0/s1. The number of aromatic nitrogens is 3. The average molecular weight is 262 g/mol. The zero-order valence-corrected chi connectivity index (χ0v) is 9.20. The number of nitrogens with zero attached hydrogens (tertiary/aromatic N) is 3. The molecule has 0 spiro atoms. The van der Waals surface area contributed by atoms with Crippen LogP contribution in [-0.4, -0.2) is 21.0 Å². The van der Waals surface area contributed by atoms with Gasteiger partial charge in [0.2, 0.25) is 12.4 Å². The lowest BCUT2D eigenvalue weighted by atomic mass is 10.1. The third-order valence-corrected chi connectivity index (χ3v) is 3.17. The molecule has 2 atom stereocenters. The molecule has 2 aromatic heterocycles. The first-order valence-electron chi connectivity index (χ1n) is 5.05. The van der Waals surface area contributed by atoms with E-state index in [4.69, 9.17) is 11.6 Å². The van der Waals surface area contributed by atoms with E-state index < -0.39 is 18.3 Å². The Morgan fingerprint density at radius 3 is 2.88 bits per heavy atom. The second kappa shape index (κ2) is 3.60. The van der Waals surface area contributed by atoms with Crippen molar-refractivity contribution in [2.45, 2.75) is 18.8 Å². The zero-order valence-electron chi connectivity index (χ0n) is 8.45. The smallest absolute Gasteiger partial charge is 0.232 e. The Bertz CT molecular complexity index is 583. The van der Waals surface area contributed by atoms with Crippen LogP contribution in [-0.2, 0) is 0 Å². The fourth-order valence-electron chi connectivity index (χ4n) is 2.06. The highest BCUT2D eigenvalue weighted by Gasteiger charge is 2.46. The van der Waals surface area contributed by atoms with Crippen LogP contribution in [0.2, 0.25) is 5.15 Å². The summed E-state index contributed by atoms with van der Waals surface area (Å²) in [4.78, 5) is 3.84. The highest BCUT2D eigenvalue weighted by Crippen LogP contribution is 2.52. The van der Waals surface area contributed by atoms with Crippen molar-refractivity contribution in [2.75, 3.05) is 0 Å². The molecule has 0 radical (unpaired) electrons. The maximum absolute atomic E-state index is 13.3. The Balaban J connectivity index is 2.11. The van der Waals surface area contributed by atoms with Gasteiger partial charge in [-0.25, -0.2) is 13.8 Å². The van der Waals surface area contributed by atoms with E-state index in [0.717, 1.165) is 10.7 Å². The van der Waals surface area contributed by atoms with Gasteiger partial charge in [0.1, 0.15) is 0 Å². The van der Waals surface area contributed by atoms with Crippen molar-refractivity contribution >= 4 is 17.2 Å². The van der Waals surface area contributed by atoms with Gasteiger partial charge in [0.05, 0.1) is 6.20 Å². The SMILES string of the molecule is Fc1cnc2c([C@H]3C[C@@H]3C(F)F)cc(Cl)nn12. The van der Waals surface area contributed by atoms with Gasteiger partial charge in [0.15, 0.2) is 10.8 Å². The fraction of sp³-hybridized carbons (Fsp3) is 0.400. The summed E-state index contributed by atoms with van der Waals surface area (Å²) in [5.74, 6) is -1.64. The lowest BCUT2D eigenvalue weighted by Gasteiger charge is -2.03. The van der Waals surface area contributed by atoms with Gasteiger partial charge in [-0.1, -0.05) is 11.6 Å². The molecular weight excluding hydrogens is 255 g/mol. The molecule has 7 heteroatoms. The predicted molar refractivity (Wildman–Crippen MR) is 54.8 cm³/mol.